The maximum atomic E-state index is 13.1. The van der Waals surface area contributed by atoms with E-state index in [0.717, 1.165) is 16.3 Å². The summed E-state index contributed by atoms with van der Waals surface area (Å²) in [5.74, 6) is 1.25. The highest BCUT2D eigenvalue weighted by molar-refractivity contribution is 7.98. The molecule has 0 spiro atoms. The van der Waals surface area contributed by atoms with Gasteiger partial charge in [-0.15, -0.1) is 17.9 Å². The topological polar surface area (TPSA) is 59.2 Å². The zero-order chi connectivity index (χ0) is 19.2. The maximum Gasteiger partial charge on any atom is 0.257 e. The van der Waals surface area contributed by atoms with Gasteiger partial charge in [-0.3, -0.25) is 4.79 Å². The van der Waals surface area contributed by atoms with Crippen molar-refractivity contribution in [2.75, 3.05) is 6.54 Å². The van der Waals surface area contributed by atoms with E-state index in [0.29, 0.717) is 33.8 Å². The Morgan fingerprint density at radius 2 is 2.30 bits per heavy atom. The number of amides is 1. The van der Waals surface area contributed by atoms with Crippen LogP contribution in [0, 0.1) is 6.92 Å². The molecule has 0 N–H and O–H groups in total. The number of halogens is 1. The molecule has 0 radical (unpaired) electrons. The summed E-state index contributed by atoms with van der Waals surface area (Å²) < 4.78 is 5.79. The van der Waals surface area contributed by atoms with E-state index in [1.165, 1.54) is 23.1 Å². The highest BCUT2D eigenvalue weighted by Gasteiger charge is 2.20. The van der Waals surface area contributed by atoms with Crippen molar-refractivity contribution in [1.82, 2.24) is 15.0 Å². The highest BCUT2D eigenvalue weighted by atomic mass is 35.5. The van der Waals surface area contributed by atoms with Gasteiger partial charge in [-0.25, -0.2) is 4.98 Å². The largest absolute Gasteiger partial charge is 0.361 e. The lowest BCUT2D eigenvalue weighted by Gasteiger charge is -2.21. The minimum atomic E-state index is -0.0913. The van der Waals surface area contributed by atoms with Crippen LogP contribution in [0.15, 0.2) is 58.7 Å². The molecule has 0 saturated carbocycles. The van der Waals surface area contributed by atoms with E-state index in [2.05, 4.69) is 16.7 Å². The summed E-state index contributed by atoms with van der Waals surface area (Å²) in [5, 5.41) is 4.65. The number of rotatable bonds is 8. The molecule has 3 aromatic rings. The quantitative estimate of drug-likeness (QED) is 0.370. The Morgan fingerprint density at radius 3 is 2.96 bits per heavy atom. The molecule has 8 heteroatoms. The van der Waals surface area contributed by atoms with Crippen molar-refractivity contribution in [3.8, 4) is 0 Å². The molecule has 5 nitrogen and oxygen atoms in total. The van der Waals surface area contributed by atoms with Gasteiger partial charge >= 0.3 is 0 Å². The van der Waals surface area contributed by atoms with E-state index in [-0.39, 0.29) is 5.91 Å². The molecule has 140 valence electrons. The van der Waals surface area contributed by atoms with Crippen LogP contribution in [0.25, 0.3) is 0 Å². The summed E-state index contributed by atoms with van der Waals surface area (Å²) in [6.07, 6.45) is 3.40. The molecular weight excluding hydrogens is 402 g/mol. The number of aryl methyl sites for hydroxylation is 1. The molecule has 1 amide bonds. The first kappa shape index (κ1) is 19.7. The van der Waals surface area contributed by atoms with Crippen LogP contribution in [0.1, 0.15) is 26.7 Å². The van der Waals surface area contributed by atoms with Gasteiger partial charge in [-0.2, -0.15) is 0 Å². The molecule has 0 bridgehead atoms. The minimum absolute atomic E-state index is 0.0913. The summed E-state index contributed by atoms with van der Waals surface area (Å²) in [6.45, 7) is 6.53. The zero-order valence-electron chi connectivity index (χ0n) is 14.7. The van der Waals surface area contributed by atoms with Crippen LogP contribution in [0.4, 0.5) is 0 Å². The van der Waals surface area contributed by atoms with Gasteiger partial charge in [-0.05, 0) is 31.2 Å². The number of pyridine rings is 1. The van der Waals surface area contributed by atoms with E-state index in [9.17, 15) is 4.79 Å². The standard InChI is InChI=1S/C19H18ClN3O2S2/c1-3-9-23(11-15-6-7-17(20)27-15)19(24)16-5-4-8-21-18(16)26-12-14-10-13(2)25-22-14/h3-8,10H,1,9,11-12H2,2H3. The number of carbonyl (C=O) groups excluding carboxylic acids is 1. The van der Waals surface area contributed by atoms with E-state index in [1.807, 2.05) is 25.1 Å². The Kier molecular flexibility index (Phi) is 6.71. The molecule has 0 aliphatic heterocycles. The third-order valence-electron chi connectivity index (χ3n) is 3.65. The Balaban J connectivity index is 1.78. The van der Waals surface area contributed by atoms with E-state index in [4.69, 9.17) is 16.1 Å². The molecule has 0 fully saturated rings. The predicted molar refractivity (Wildman–Crippen MR) is 109 cm³/mol. The number of nitrogens with zero attached hydrogens (tertiary/aromatic N) is 3. The number of aromatic nitrogens is 2. The van der Waals surface area contributed by atoms with Crippen molar-refractivity contribution in [1.29, 1.82) is 0 Å². The third kappa shape index (κ3) is 5.22. The van der Waals surface area contributed by atoms with E-state index in [1.54, 1.807) is 29.3 Å². The van der Waals surface area contributed by atoms with Crippen molar-refractivity contribution in [2.45, 2.75) is 24.2 Å². The van der Waals surface area contributed by atoms with Gasteiger partial charge in [0.25, 0.3) is 5.91 Å². The van der Waals surface area contributed by atoms with Crippen LogP contribution >= 0.6 is 34.7 Å². The van der Waals surface area contributed by atoms with Gasteiger partial charge in [0.15, 0.2) is 0 Å². The third-order valence-corrected chi connectivity index (χ3v) is 5.90. The van der Waals surface area contributed by atoms with Crippen LogP contribution in [0.3, 0.4) is 0 Å². The van der Waals surface area contributed by atoms with E-state index < -0.39 is 0 Å². The van der Waals surface area contributed by atoms with Gasteiger partial charge in [0, 0.05) is 29.4 Å². The molecule has 3 heterocycles. The number of thioether (sulfide) groups is 1. The lowest BCUT2D eigenvalue weighted by molar-refractivity contribution is 0.0760. The fraction of sp³-hybridized carbons (Fsp3) is 0.211. The molecule has 0 aliphatic carbocycles. The molecule has 0 unspecified atom stereocenters. The predicted octanol–water partition coefficient (Wildman–Crippen LogP) is 5.21. The van der Waals surface area contributed by atoms with Crippen molar-refractivity contribution >= 4 is 40.6 Å². The average molecular weight is 420 g/mol. The van der Waals surface area contributed by atoms with Crippen LogP contribution in [-0.2, 0) is 12.3 Å². The van der Waals surface area contributed by atoms with Gasteiger partial charge in [-0.1, -0.05) is 34.6 Å². The van der Waals surface area contributed by atoms with Crippen LogP contribution in [-0.4, -0.2) is 27.5 Å². The number of carbonyl (C=O) groups is 1. The molecule has 27 heavy (non-hydrogen) atoms. The maximum absolute atomic E-state index is 13.1. The summed E-state index contributed by atoms with van der Waals surface area (Å²) in [4.78, 5) is 20.3. The summed E-state index contributed by atoms with van der Waals surface area (Å²) in [7, 11) is 0. The Morgan fingerprint density at radius 1 is 1.44 bits per heavy atom. The molecule has 3 aromatic heterocycles. The molecule has 0 saturated heterocycles. The Labute approximate surface area is 171 Å². The fourth-order valence-corrected chi connectivity index (χ4v) is 4.44. The highest BCUT2D eigenvalue weighted by Crippen LogP contribution is 2.27. The zero-order valence-corrected chi connectivity index (χ0v) is 17.1. The van der Waals surface area contributed by atoms with Crippen molar-refractivity contribution in [3.05, 3.63) is 75.4 Å². The average Bonchev–Trinajstić information content (AvgIpc) is 3.27. The normalized spacial score (nSPS) is 10.7. The van der Waals surface area contributed by atoms with Crippen molar-refractivity contribution < 1.29 is 9.32 Å². The molecule has 0 atom stereocenters. The second-order valence-electron chi connectivity index (χ2n) is 5.75. The lowest BCUT2D eigenvalue weighted by Crippen LogP contribution is -2.31. The summed E-state index contributed by atoms with van der Waals surface area (Å²) in [5.41, 5.74) is 1.38. The van der Waals surface area contributed by atoms with Crippen molar-refractivity contribution in [2.24, 2.45) is 0 Å². The SMILES string of the molecule is C=CCN(Cc1ccc(Cl)s1)C(=O)c1cccnc1SCc1cc(C)on1. The fourth-order valence-electron chi connectivity index (χ4n) is 2.47. The second-order valence-corrected chi connectivity index (χ2v) is 8.52. The number of thiophene rings is 1. The Hall–Kier alpha value is -2.09. The summed E-state index contributed by atoms with van der Waals surface area (Å²) in [6, 6.07) is 9.21. The first-order chi connectivity index (χ1) is 13.1. The first-order valence-electron chi connectivity index (χ1n) is 8.21. The van der Waals surface area contributed by atoms with Crippen LogP contribution in [0.5, 0.6) is 0 Å². The number of hydrogen-bond acceptors (Lipinski definition) is 6. The first-order valence-corrected chi connectivity index (χ1v) is 10.4. The Bertz CT molecular complexity index is 938. The van der Waals surface area contributed by atoms with Gasteiger partial charge in [0.1, 0.15) is 10.8 Å². The summed E-state index contributed by atoms with van der Waals surface area (Å²) >= 11 is 8.94. The molecular formula is C19H18ClN3O2S2. The van der Waals surface area contributed by atoms with Crippen molar-refractivity contribution in [3.63, 3.8) is 0 Å². The van der Waals surface area contributed by atoms with Crippen LogP contribution < -0.4 is 0 Å². The monoisotopic (exact) mass is 419 g/mol. The van der Waals surface area contributed by atoms with Gasteiger partial charge in [0.2, 0.25) is 0 Å². The van der Waals surface area contributed by atoms with Gasteiger partial charge < -0.3 is 9.42 Å². The van der Waals surface area contributed by atoms with E-state index >= 15 is 0 Å². The number of hydrogen-bond donors (Lipinski definition) is 0. The second kappa shape index (κ2) is 9.21. The molecule has 0 aromatic carbocycles. The molecule has 3 rings (SSSR count). The minimum Gasteiger partial charge on any atom is -0.361 e. The van der Waals surface area contributed by atoms with Gasteiger partial charge in [0.05, 0.1) is 22.1 Å². The molecule has 0 aliphatic rings. The smallest absolute Gasteiger partial charge is 0.257 e. The van der Waals surface area contributed by atoms with Crippen LogP contribution in [0.2, 0.25) is 4.34 Å². The lowest BCUT2D eigenvalue weighted by atomic mass is 10.2.